The number of carbonyl (C=O) groups is 2. The number of hydrogen-bond donors (Lipinski definition) is 1. The Morgan fingerprint density at radius 3 is 2.29 bits per heavy atom. The third kappa shape index (κ3) is 5.96. The summed E-state index contributed by atoms with van der Waals surface area (Å²) in [5.41, 5.74) is 1.54. The minimum absolute atomic E-state index is 0.0308. The van der Waals surface area contributed by atoms with Crippen LogP contribution in [0.2, 0.25) is 5.15 Å². The summed E-state index contributed by atoms with van der Waals surface area (Å²) in [5.74, 6) is -0.596. The predicted octanol–water partition coefficient (Wildman–Crippen LogP) is 4.37. The third-order valence-corrected chi connectivity index (χ3v) is 4.35. The van der Waals surface area contributed by atoms with Gasteiger partial charge in [0.1, 0.15) is 5.75 Å². The zero-order chi connectivity index (χ0) is 20.9. The highest BCUT2D eigenvalue weighted by Crippen LogP contribution is 2.25. The topological polar surface area (TPSA) is 77.5 Å². The standard InChI is InChI=1S/C21H25ClN2O4/c1-13(19(25)24-17-7-6-12-23-18(17)22)28-20(26)14(2)27-16-10-8-15(9-11-16)21(3,4)5/h6-14H,1-5H3,(H,24,25)/t13-,14-/m1/s1. The number of aromatic nitrogens is 1. The van der Waals surface area contributed by atoms with Crippen LogP contribution < -0.4 is 10.1 Å². The van der Waals surface area contributed by atoms with Gasteiger partial charge in [0.25, 0.3) is 5.91 Å². The Bertz CT molecular complexity index is 831. The summed E-state index contributed by atoms with van der Waals surface area (Å²) in [6.45, 7) is 9.40. The van der Waals surface area contributed by atoms with Crippen molar-refractivity contribution in [2.75, 3.05) is 5.32 Å². The number of nitrogens with zero attached hydrogens (tertiary/aromatic N) is 1. The summed E-state index contributed by atoms with van der Waals surface area (Å²) in [6, 6.07) is 10.8. The van der Waals surface area contributed by atoms with E-state index < -0.39 is 24.1 Å². The van der Waals surface area contributed by atoms with E-state index in [1.54, 1.807) is 19.1 Å². The van der Waals surface area contributed by atoms with Gasteiger partial charge in [0, 0.05) is 6.20 Å². The fraction of sp³-hybridized carbons (Fsp3) is 0.381. The van der Waals surface area contributed by atoms with Gasteiger partial charge in [-0.25, -0.2) is 9.78 Å². The number of amides is 1. The molecule has 0 aliphatic rings. The first-order valence-electron chi connectivity index (χ1n) is 8.97. The molecule has 1 aromatic carbocycles. The molecule has 6 nitrogen and oxygen atoms in total. The van der Waals surface area contributed by atoms with E-state index in [-0.39, 0.29) is 10.6 Å². The molecule has 0 unspecified atom stereocenters. The molecule has 0 aliphatic carbocycles. The second-order valence-electron chi connectivity index (χ2n) is 7.44. The van der Waals surface area contributed by atoms with Crippen LogP contribution in [0.1, 0.15) is 40.2 Å². The number of halogens is 1. The van der Waals surface area contributed by atoms with Crippen LogP contribution >= 0.6 is 11.6 Å². The number of anilines is 1. The van der Waals surface area contributed by atoms with Gasteiger partial charge in [-0.1, -0.05) is 44.5 Å². The van der Waals surface area contributed by atoms with Crippen LogP contribution in [0.3, 0.4) is 0 Å². The van der Waals surface area contributed by atoms with Crippen LogP contribution in [-0.4, -0.2) is 29.1 Å². The summed E-state index contributed by atoms with van der Waals surface area (Å²) >= 11 is 5.91. The Labute approximate surface area is 170 Å². The fourth-order valence-electron chi connectivity index (χ4n) is 2.32. The SMILES string of the molecule is C[C@@H](OC(=O)[C@@H](C)Oc1ccc(C(C)(C)C)cc1)C(=O)Nc1cccnc1Cl. The monoisotopic (exact) mass is 404 g/mol. The maximum atomic E-state index is 12.2. The molecule has 150 valence electrons. The van der Waals surface area contributed by atoms with Crippen molar-refractivity contribution in [1.29, 1.82) is 0 Å². The van der Waals surface area contributed by atoms with E-state index in [4.69, 9.17) is 21.1 Å². The van der Waals surface area contributed by atoms with Crippen LogP contribution in [-0.2, 0) is 19.7 Å². The van der Waals surface area contributed by atoms with Crippen LogP contribution in [0.4, 0.5) is 5.69 Å². The van der Waals surface area contributed by atoms with Crippen molar-refractivity contribution in [1.82, 2.24) is 4.98 Å². The average molecular weight is 405 g/mol. The summed E-state index contributed by atoms with van der Waals surface area (Å²) in [5, 5.41) is 2.73. The molecule has 28 heavy (non-hydrogen) atoms. The minimum Gasteiger partial charge on any atom is -0.479 e. The van der Waals surface area contributed by atoms with Crippen molar-refractivity contribution in [2.24, 2.45) is 0 Å². The first kappa shape index (κ1) is 21.7. The maximum Gasteiger partial charge on any atom is 0.347 e. The van der Waals surface area contributed by atoms with E-state index in [1.165, 1.54) is 13.1 Å². The zero-order valence-corrected chi connectivity index (χ0v) is 17.4. The smallest absolute Gasteiger partial charge is 0.347 e. The van der Waals surface area contributed by atoms with Crippen LogP contribution in [0.15, 0.2) is 42.6 Å². The number of ether oxygens (including phenoxy) is 2. The van der Waals surface area contributed by atoms with Gasteiger partial charge in [-0.05, 0) is 49.1 Å². The Hall–Kier alpha value is -2.60. The first-order valence-corrected chi connectivity index (χ1v) is 9.35. The highest BCUT2D eigenvalue weighted by Gasteiger charge is 2.24. The molecule has 1 amide bonds. The molecule has 0 aliphatic heterocycles. The molecule has 0 saturated heterocycles. The van der Waals surface area contributed by atoms with Gasteiger partial charge in [-0.3, -0.25) is 4.79 Å². The Morgan fingerprint density at radius 1 is 1.07 bits per heavy atom. The maximum absolute atomic E-state index is 12.2. The zero-order valence-electron chi connectivity index (χ0n) is 16.7. The van der Waals surface area contributed by atoms with E-state index in [2.05, 4.69) is 31.1 Å². The molecule has 7 heteroatoms. The molecule has 1 N–H and O–H groups in total. The van der Waals surface area contributed by atoms with Gasteiger partial charge in [0.05, 0.1) is 5.69 Å². The number of hydrogen-bond acceptors (Lipinski definition) is 5. The number of esters is 1. The first-order chi connectivity index (χ1) is 13.1. The summed E-state index contributed by atoms with van der Waals surface area (Å²) in [7, 11) is 0. The van der Waals surface area contributed by atoms with Gasteiger partial charge in [0.2, 0.25) is 0 Å². The number of rotatable bonds is 6. The average Bonchev–Trinajstić information content (AvgIpc) is 2.63. The van der Waals surface area contributed by atoms with E-state index >= 15 is 0 Å². The molecule has 0 bridgehead atoms. The van der Waals surface area contributed by atoms with Crippen LogP contribution in [0.5, 0.6) is 5.75 Å². The minimum atomic E-state index is -1.02. The molecule has 0 radical (unpaired) electrons. The lowest BCUT2D eigenvalue weighted by Gasteiger charge is -2.20. The molecule has 0 spiro atoms. The van der Waals surface area contributed by atoms with E-state index in [1.807, 2.05) is 24.3 Å². The highest BCUT2D eigenvalue weighted by atomic mass is 35.5. The molecule has 2 rings (SSSR count). The Kier molecular flexibility index (Phi) is 7.02. The lowest BCUT2D eigenvalue weighted by Crippen LogP contribution is -2.35. The lowest BCUT2D eigenvalue weighted by molar-refractivity contribution is -0.159. The van der Waals surface area contributed by atoms with Crippen molar-refractivity contribution in [2.45, 2.75) is 52.2 Å². The molecule has 1 heterocycles. The molecular weight excluding hydrogens is 380 g/mol. The van der Waals surface area contributed by atoms with Crippen LogP contribution in [0.25, 0.3) is 0 Å². The van der Waals surface area contributed by atoms with Crippen molar-refractivity contribution in [3.05, 3.63) is 53.3 Å². The summed E-state index contributed by atoms with van der Waals surface area (Å²) < 4.78 is 10.8. The second-order valence-corrected chi connectivity index (χ2v) is 7.80. The van der Waals surface area contributed by atoms with Gasteiger partial charge >= 0.3 is 5.97 Å². The Balaban J connectivity index is 1.90. The summed E-state index contributed by atoms with van der Waals surface area (Å²) in [4.78, 5) is 28.3. The van der Waals surface area contributed by atoms with Crippen molar-refractivity contribution < 1.29 is 19.1 Å². The number of benzene rings is 1. The second kappa shape index (κ2) is 9.06. The normalized spacial score (nSPS) is 13.4. The van der Waals surface area contributed by atoms with Gasteiger partial charge in [-0.2, -0.15) is 0 Å². The molecule has 0 fully saturated rings. The Morgan fingerprint density at radius 2 is 1.71 bits per heavy atom. The van der Waals surface area contributed by atoms with Gasteiger partial charge < -0.3 is 14.8 Å². The number of carbonyl (C=O) groups excluding carboxylic acids is 2. The van der Waals surface area contributed by atoms with Gasteiger partial charge in [-0.15, -0.1) is 0 Å². The van der Waals surface area contributed by atoms with E-state index in [9.17, 15) is 9.59 Å². The quantitative estimate of drug-likeness (QED) is 0.571. The molecule has 2 aromatic rings. The molecular formula is C21H25ClN2O4. The summed E-state index contributed by atoms with van der Waals surface area (Å²) in [6.07, 6.45) is -0.370. The number of pyridine rings is 1. The fourth-order valence-corrected chi connectivity index (χ4v) is 2.49. The predicted molar refractivity (Wildman–Crippen MR) is 109 cm³/mol. The number of nitrogens with one attached hydrogen (secondary N) is 1. The largest absolute Gasteiger partial charge is 0.479 e. The lowest BCUT2D eigenvalue weighted by atomic mass is 9.87. The van der Waals surface area contributed by atoms with Gasteiger partial charge in [0.15, 0.2) is 17.4 Å². The molecule has 1 aromatic heterocycles. The highest BCUT2D eigenvalue weighted by molar-refractivity contribution is 6.32. The van der Waals surface area contributed by atoms with E-state index in [0.717, 1.165) is 5.56 Å². The molecule has 0 saturated carbocycles. The van der Waals surface area contributed by atoms with Crippen molar-refractivity contribution in [3.63, 3.8) is 0 Å². The third-order valence-electron chi connectivity index (χ3n) is 4.04. The van der Waals surface area contributed by atoms with E-state index in [0.29, 0.717) is 11.4 Å². The molecule has 2 atom stereocenters. The van der Waals surface area contributed by atoms with Crippen LogP contribution in [0, 0.1) is 0 Å². The van der Waals surface area contributed by atoms with Crippen molar-refractivity contribution >= 4 is 29.2 Å². The van der Waals surface area contributed by atoms with Crippen molar-refractivity contribution in [3.8, 4) is 5.75 Å².